The molecule has 90 valence electrons. The number of benzene rings is 1. The molecule has 0 aromatic heterocycles. The Kier molecular flexibility index (Phi) is 5.06. The van der Waals surface area contributed by atoms with Crippen molar-refractivity contribution in [1.82, 2.24) is 5.32 Å². The van der Waals surface area contributed by atoms with E-state index in [9.17, 15) is 5.11 Å². The minimum Gasteiger partial charge on any atom is -0.390 e. The van der Waals surface area contributed by atoms with Crippen LogP contribution in [-0.4, -0.2) is 24.3 Å². The molecule has 0 spiro atoms. The molecular weight excluding hydrogens is 245 g/mol. The van der Waals surface area contributed by atoms with Gasteiger partial charge < -0.3 is 10.4 Å². The minimum absolute atomic E-state index is 0.465. The summed E-state index contributed by atoms with van der Waals surface area (Å²) in [5, 5.41) is 14.4. The normalized spacial score (nSPS) is 14.8. The van der Waals surface area contributed by atoms with Crippen LogP contribution in [0.4, 0.5) is 0 Å². The van der Waals surface area contributed by atoms with Crippen LogP contribution in [0.5, 0.6) is 0 Å². The molecule has 0 amide bonds. The van der Waals surface area contributed by atoms with Crippen LogP contribution in [-0.2, 0) is 6.42 Å². The highest BCUT2D eigenvalue weighted by atomic mass is 35.5. The number of halogens is 2. The molecule has 0 aliphatic heterocycles. The zero-order valence-electron chi connectivity index (χ0n) is 9.56. The molecule has 16 heavy (non-hydrogen) atoms. The van der Waals surface area contributed by atoms with Gasteiger partial charge in [-0.2, -0.15) is 0 Å². The van der Waals surface area contributed by atoms with Crippen LogP contribution in [0.25, 0.3) is 0 Å². The first-order chi connectivity index (χ1) is 7.46. The first-order valence-electron chi connectivity index (χ1n) is 5.26. The Morgan fingerprint density at radius 3 is 2.38 bits per heavy atom. The van der Waals surface area contributed by atoms with Gasteiger partial charge in [-0.25, -0.2) is 0 Å². The monoisotopic (exact) mass is 261 g/mol. The predicted octanol–water partition coefficient (Wildman–Crippen LogP) is 2.90. The molecule has 1 rings (SSSR count). The molecule has 1 aromatic carbocycles. The van der Waals surface area contributed by atoms with Crippen molar-refractivity contribution in [2.75, 3.05) is 13.6 Å². The largest absolute Gasteiger partial charge is 0.390 e. The maximum Gasteiger partial charge on any atom is 0.0673 e. The van der Waals surface area contributed by atoms with Gasteiger partial charge in [0.2, 0.25) is 0 Å². The lowest BCUT2D eigenvalue weighted by molar-refractivity contribution is 0.0521. The Bertz CT molecular complexity index is 333. The molecule has 0 saturated carbocycles. The molecule has 0 bridgehead atoms. The second-order valence-electron chi connectivity index (χ2n) is 4.23. The summed E-state index contributed by atoms with van der Waals surface area (Å²) in [6.45, 7) is 2.55. The highest BCUT2D eigenvalue weighted by Crippen LogP contribution is 2.29. The van der Waals surface area contributed by atoms with Crippen LogP contribution in [0.3, 0.4) is 0 Å². The van der Waals surface area contributed by atoms with E-state index in [0.717, 1.165) is 12.1 Å². The third-order valence-electron chi connectivity index (χ3n) is 2.53. The van der Waals surface area contributed by atoms with Crippen molar-refractivity contribution in [2.45, 2.75) is 25.4 Å². The maximum atomic E-state index is 10.2. The van der Waals surface area contributed by atoms with Gasteiger partial charge in [0.05, 0.1) is 5.60 Å². The summed E-state index contributed by atoms with van der Waals surface area (Å²) in [5.74, 6) is 0. The molecule has 0 aliphatic rings. The lowest BCUT2D eigenvalue weighted by Crippen LogP contribution is -2.31. The summed E-state index contributed by atoms with van der Waals surface area (Å²) < 4.78 is 0. The van der Waals surface area contributed by atoms with Crippen molar-refractivity contribution < 1.29 is 5.11 Å². The van der Waals surface area contributed by atoms with E-state index in [2.05, 4.69) is 5.32 Å². The Labute approximate surface area is 107 Å². The third kappa shape index (κ3) is 3.95. The average molecular weight is 262 g/mol. The fraction of sp³-hybridized carbons (Fsp3) is 0.500. The average Bonchev–Trinajstić information content (AvgIpc) is 2.21. The first kappa shape index (κ1) is 13.8. The van der Waals surface area contributed by atoms with Gasteiger partial charge in [0.15, 0.2) is 0 Å². The number of rotatable bonds is 5. The van der Waals surface area contributed by atoms with Gasteiger partial charge in [-0.1, -0.05) is 29.3 Å². The van der Waals surface area contributed by atoms with Crippen LogP contribution in [0, 0.1) is 0 Å². The summed E-state index contributed by atoms with van der Waals surface area (Å²) in [6.07, 6.45) is 1.12. The molecule has 0 fully saturated rings. The van der Waals surface area contributed by atoms with Gasteiger partial charge in [-0.15, -0.1) is 0 Å². The molecular formula is C12H17Cl2NO. The summed E-state index contributed by atoms with van der Waals surface area (Å²) in [5.41, 5.74) is 0.0180. The molecule has 0 aliphatic carbocycles. The van der Waals surface area contributed by atoms with Gasteiger partial charge in [-0.3, -0.25) is 0 Å². The molecule has 2 nitrogen and oxygen atoms in total. The van der Waals surface area contributed by atoms with Crippen molar-refractivity contribution in [1.29, 1.82) is 0 Å². The van der Waals surface area contributed by atoms with E-state index in [1.165, 1.54) is 0 Å². The molecule has 4 heteroatoms. The fourth-order valence-electron chi connectivity index (χ4n) is 1.56. The molecule has 0 heterocycles. The van der Waals surface area contributed by atoms with Crippen LogP contribution < -0.4 is 5.32 Å². The third-order valence-corrected chi connectivity index (χ3v) is 3.24. The molecule has 2 N–H and O–H groups in total. The smallest absolute Gasteiger partial charge is 0.0673 e. The SMILES string of the molecule is CNCCC(C)(O)Cc1c(Cl)cccc1Cl. The molecule has 1 atom stereocenters. The van der Waals surface area contributed by atoms with Gasteiger partial charge in [-0.05, 0) is 44.6 Å². The van der Waals surface area contributed by atoms with Gasteiger partial charge in [0, 0.05) is 16.5 Å². The van der Waals surface area contributed by atoms with Crippen molar-refractivity contribution in [3.8, 4) is 0 Å². The summed E-state index contributed by atoms with van der Waals surface area (Å²) in [4.78, 5) is 0. The molecule has 0 saturated heterocycles. The van der Waals surface area contributed by atoms with Crippen molar-refractivity contribution >= 4 is 23.2 Å². The number of nitrogens with one attached hydrogen (secondary N) is 1. The van der Waals surface area contributed by atoms with E-state index >= 15 is 0 Å². The zero-order chi connectivity index (χ0) is 12.2. The first-order valence-corrected chi connectivity index (χ1v) is 6.02. The van der Waals surface area contributed by atoms with Crippen molar-refractivity contribution in [3.05, 3.63) is 33.8 Å². The minimum atomic E-state index is -0.794. The van der Waals surface area contributed by atoms with Crippen molar-refractivity contribution in [3.63, 3.8) is 0 Å². The Morgan fingerprint density at radius 2 is 1.88 bits per heavy atom. The molecule has 1 unspecified atom stereocenters. The number of hydrogen-bond donors (Lipinski definition) is 2. The van der Waals surface area contributed by atoms with Gasteiger partial charge in [0.25, 0.3) is 0 Å². The topological polar surface area (TPSA) is 32.3 Å². The van der Waals surface area contributed by atoms with E-state index in [-0.39, 0.29) is 0 Å². The van der Waals surface area contributed by atoms with Crippen LogP contribution in [0.15, 0.2) is 18.2 Å². The Balaban J connectivity index is 2.79. The van der Waals surface area contributed by atoms with E-state index in [1.54, 1.807) is 25.1 Å². The fourth-order valence-corrected chi connectivity index (χ4v) is 2.10. The van der Waals surface area contributed by atoms with Crippen LogP contribution in [0.1, 0.15) is 18.9 Å². The number of hydrogen-bond acceptors (Lipinski definition) is 2. The summed E-state index contributed by atoms with van der Waals surface area (Å²) >= 11 is 12.1. The van der Waals surface area contributed by atoms with E-state index < -0.39 is 5.60 Å². The van der Waals surface area contributed by atoms with Crippen LogP contribution in [0.2, 0.25) is 10.0 Å². The predicted molar refractivity (Wildman–Crippen MR) is 69.3 cm³/mol. The zero-order valence-corrected chi connectivity index (χ0v) is 11.1. The number of aliphatic hydroxyl groups is 1. The Hall–Kier alpha value is -0.280. The second kappa shape index (κ2) is 5.87. The Morgan fingerprint density at radius 1 is 1.31 bits per heavy atom. The van der Waals surface area contributed by atoms with E-state index in [4.69, 9.17) is 23.2 Å². The van der Waals surface area contributed by atoms with Crippen LogP contribution >= 0.6 is 23.2 Å². The summed E-state index contributed by atoms with van der Waals surface area (Å²) in [6, 6.07) is 5.38. The van der Waals surface area contributed by atoms with Gasteiger partial charge >= 0.3 is 0 Å². The summed E-state index contributed by atoms with van der Waals surface area (Å²) in [7, 11) is 1.86. The second-order valence-corrected chi connectivity index (χ2v) is 5.04. The standard InChI is InChI=1S/C12H17Cl2NO/c1-12(16,6-7-15-2)8-9-10(13)4-3-5-11(9)14/h3-5,15-16H,6-8H2,1-2H3. The lowest BCUT2D eigenvalue weighted by Gasteiger charge is -2.24. The highest BCUT2D eigenvalue weighted by molar-refractivity contribution is 6.36. The quantitative estimate of drug-likeness (QED) is 0.855. The molecule has 1 aromatic rings. The van der Waals surface area contributed by atoms with E-state index in [1.807, 2.05) is 7.05 Å². The van der Waals surface area contributed by atoms with Gasteiger partial charge in [0.1, 0.15) is 0 Å². The highest BCUT2D eigenvalue weighted by Gasteiger charge is 2.22. The maximum absolute atomic E-state index is 10.2. The lowest BCUT2D eigenvalue weighted by atomic mass is 9.93. The molecule has 0 radical (unpaired) electrons. The van der Waals surface area contributed by atoms with Crippen molar-refractivity contribution in [2.24, 2.45) is 0 Å². The van der Waals surface area contributed by atoms with E-state index in [0.29, 0.717) is 22.9 Å².